The van der Waals surface area contributed by atoms with E-state index in [1.54, 1.807) is 0 Å². The van der Waals surface area contributed by atoms with Gasteiger partial charge in [0.05, 0.1) is 6.61 Å². The van der Waals surface area contributed by atoms with Gasteiger partial charge in [-0.2, -0.15) is 0 Å². The minimum Gasteiger partial charge on any atom is -0.392 e. The lowest BCUT2D eigenvalue weighted by atomic mass is 10.1. The second kappa shape index (κ2) is 6.44. The minimum absolute atomic E-state index is 0.0730. The van der Waals surface area contributed by atoms with Crippen molar-refractivity contribution in [1.29, 1.82) is 0 Å². The van der Waals surface area contributed by atoms with Gasteiger partial charge < -0.3 is 10.0 Å². The summed E-state index contributed by atoms with van der Waals surface area (Å²) in [4.78, 5) is 2.31. The Labute approximate surface area is 115 Å². The van der Waals surface area contributed by atoms with Crippen LogP contribution in [0, 0.1) is 0 Å². The second-order valence-corrected chi connectivity index (χ2v) is 5.62. The van der Waals surface area contributed by atoms with Crippen LogP contribution in [0.3, 0.4) is 0 Å². The largest absolute Gasteiger partial charge is 0.392 e. The number of hydrogen-bond donors (Lipinski definition) is 1. The fraction of sp³-hybridized carbons (Fsp3) is 0.600. The summed E-state index contributed by atoms with van der Waals surface area (Å²) < 4.78 is 0. The highest BCUT2D eigenvalue weighted by Crippen LogP contribution is 2.30. The van der Waals surface area contributed by atoms with Crippen molar-refractivity contribution in [2.75, 3.05) is 11.9 Å². The summed E-state index contributed by atoms with van der Waals surface area (Å²) in [5.74, 6) is 0. The van der Waals surface area contributed by atoms with Crippen molar-refractivity contribution in [1.82, 2.24) is 0 Å². The molecule has 100 valence electrons. The third kappa shape index (κ3) is 3.18. The predicted octanol–water partition coefficient (Wildman–Crippen LogP) is 3.99. The van der Waals surface area contributed by atoms with Gasteiger partial charge in [0.2, 0.25) is 0 Å². The van der Waals surface area contributed by atoms with Gasteiger partial charge in [0.1, 0.15) is 0 Å². The van der Waals surface area contributed by atoms with Crippen LogP contribution in [0.5, 0.6) is 0 Å². The molecule has 0 saturated heterocycles. The van der Waals surface area contributed by atoms with Gasteiger partial charge in [0, 0.05) is 29.4 Å². The van der Waals surface area contributed by atoms with Crippen molar-refractivity contribution in [3.8, 4) is 0 Å². The standard InChI is InChI=1S/C15H22ClNO/c1-17(14-6-4-2-3-5-7-14)15-10-13(16)9-8-12(15)11-18/h8-10,14,18H,2-7,11H2,1H3. The highest BCUT2D eigenvalue weighted by molar-refractivity contribution is 6.30. The average Bonchev–Trinajstić information content (AvgIpc) is 2.66. The minimum atomic E-state index is 0.0730. The van der Waals surface area contributed by atoms with Gasteiger partial charge in [0.15, 0.2) is 0 Å². The number of aliphatic hydroxyl groups excluding tert-OH is 1. The van der Waals surface area contributed by atoms with Crippen molar-refractivity contribution in [3.63, 3.8) is 0 Å². The molecule has 0 unspecified atom stereocenters. The van der Waals surface area contributed by atoms with Gasteiger partial charge in [0.25, 0.3) is 0 Å². The van der Waals surface area contributed by atoms with E-state index >= 15 is 0 Å². The van der Waals surface area contributed by atoms with E-state index in [1.165, 1.54) is 38.5 Å². The van der Waals surface area contributed by atoms with E-state index < -0.39 is 0 Å². The maximum Gasteiger partial charge on any atom is 0.0702 e. The number of hydrogen-bond acceptors (Lipinski definition) is 2. The third-order valence-corrected chi connectivity index (χ3v) is 4.21. The van der Waals surface area contributed by atoms with Crippen LogP contribution >= 0.6 is 11.6 Å². The molecule has 2 rings (SSSR count). The van der Waals surface area contributed by atoms with Crippen LogP contribution in [-0.2, 0) is 6.61 Å². The molecule has 1 aliphatic carbocycles. The van der Waals surface area contributed by atoms with Crippen molar-refractivity contribution >= 4 is 17.3 Å². The molecule has 0 aromatic heterocycles. The Morgan fingerprint density at radius 3 is 2.50 bits per heavy atom. The van der Waals surface area contributed by atoms with E-state index in [-0.39, 0.29) is 6.61 Å². The van der Waals surface area contributed by atoms with Gasteiger partial charge in [-0.05, 0) is 25.0 Å². The van der Waals surface area contributed by atoms with Crippen LogP contribution in [0.15, 0.2) is 18.2 Å². The summed E-state index contributed by atoms with van der Waals surface area (Å²) in [6.07, 6.45) is 7.81. The molecule has 1 aliphatic rings. The average molecular weight is 268 g/mol. The summed E-state index contributed by atoms with van der Waals surface area (Å²) >= 11 is 6.08. The van der Waals surface area contributed by atoms with Crippen LogP contribution in [-0.4, -0.2) is 18.2 Å². The molecule has 1 saturated carbocycles. The van der Waals surface area contributed by atoms with E-state index in [0.29, 0.717) is 6.04 Å². The number of nitrogens with zero attached hydrogens (tertiary/aromatic N) is 1. The first-order valence-corrected chi connectivity index (χ1v) is 7.22. The smallest absolute Gasteiger partial charge is 0.0702 e. The van der Waals surface area contributed by atoms with Crippen molar-refractivity contribution in [3.05, 3.63) is 28.8 Å². The number of benzene rings is 1. The molecular formula is C15H22ClNO. The summed E-state index contributed by atoms with van der Waals surface area (Å²) in [6.45, 7) is 0.0730. The molecule has 2 nitrogen and oxygen atoms in total. The first-order chi connectivity index (χ1) is 8.72. The number of anilines is 1. The monoisotopic (exact) mass is 267 g/mol. The summed E-state index contributed by atoms with van der Waals surface area (Å²) in [5, 5.41) is 10.2. The van der Waals surface area contributed by atoms with E-state index in [1.807, 2.05) is 18.2 Å². The van der Waals surface area contributed by atoms with Crippen molar-refractivity contribution < 1.29 is 5.11 Å². The Morgan fingerprint density at radius 2 is 1.89 bits per heavy atom. The molecule has 3 heteroatoms. The molecule has 0 aliphatic heterocycles. The van der Waals surface area contributed by atoms with E-state index in [9.17, 15) is 5.11 Å². The Morgan fingerprint density at radius 1 is 1.22 bits per heavy atom. The van der Waals surface area contributed by atoms with Crippen LogP contribution < -0.4 is 4.90 Å². The zero-order valence-electron chi connectivity index (χ0n) is 11.0. The molecule has 1 fully saturated rings. The Kier molecular flexibility index (Phi) is 4.90. The first-order valence-electron chi connectivity index (χ1n) is 6.84. The summed E-state index contributed by atoms with van der Waals surface area (Å²) in [7, 11) is 2.13. The van der Waals surface area contributed by atoms with Crippen LogP contribution in [0.1, 0.15) is 44.1 Å². The van der Waals surface area contributed by atoms with Crippen LogP contribution in [0.25, 0.3) is 0 Å². The number of aliphatic hydroxyl groups is 1. The summed E-state index contributed by atoms with van der Waals surface area (Å²) in [5.41, 5.74) is 2.04. The molecule has 0 atom stereocenters. The van der Waals surface area contributed by atoms with E-state index in [0.717, 1.165) is 16.3 Å². The Bertz CT molecular complexity index is 386. The third-order valence-electron chi connectivity index (χ3n) is 3.97. The molecule has 0 heterocycles. The molecule has 0 amide bonds. The van der Waals surface area contributed by atoms with E-state index in [2.05, 4.69) is 11.9 Å². The fourth-order valence-electron chi connectivity index (χ4n) is 2.84. The SMILES string of the molecule is CN(c1cc(Cl)ccc1CO)C1CCCCCC1. The molecule has 1 aromatic carbocycles. The normalized spacial score (nSPS) is 17.5. The Balaban J connectivity index is 2.20. The molecule has 0 bridgehead atoms. The highest BCUT2D eigenvalue weighted by Gasteiger charge is 2.19. The van der Waals surface area contributed by atoms with E-state index in [4.69, 9.17) is 11.6 Å². The highest BCUT2D eigenvalue weighted by atomic mass is 35.5. The number of halogens is 1. The molecule has 0 spiro atoms. The zero-order valence-corrected chi connectivity index (χ0v) is 11.8. The lowest BCUT2D eigenvalue weighted by Gasteiger charge is -2.31. The topological polar surface area (TPSA) is 23.5 Å². The molecule has 18 heavy (non-hydrogen) atoms. The summed E-state index contributed by atoms with van der Waals surface area (Å²) in [6, 6.07) is 6.32. The first kappa shape index (κ1) is 13.7. The lowest BCUT2D eigenvalue weighted by molar-refractivity contribution is 0.282. The van der Waals surface area contributed by atoms with Gasteiger partial charge >= 0.3 is 0 Å². The fourth-order valence-corrected chi connectivity index (χ4v) is 3.01. The van der Waals surface area contributed by atoms with Crippen molar-refractivity contribution in [2.24, 2.45) is 0 Å². The predicted molar refractivity (Wildman–Crippen MR) is 77.3 cm³/mol. The maximum atomic E-state index is 9.44. The van der Waals surface area contributed by atoms with Crippen LogP contribution in [0.4, 0.5) is 5.69 Å². The second-order valence-electron chi connectivity index (χ2n) is 5.19. The van der Waals surface area contributed by atoms with Crippen LogP contribution in [0.2, 0.25) is 5.02 Å². The zero-order chi connectivity index (χ0) is 13.0. The maximum absolute atomic E-state index is 9.44. The molecule has 1 aromatic rings. The molecule has 1 N–H and O–H groups in total. The van der Waals surface area contributed by atoms with Crippen molar-refractivity contribution in [2.45, 2.75) is 51.2 Å². The van der Waals surface area contributed by atoms with Gasteiger partial charge in [-0.1, -0.05) is 43.4 Å². The van der Waals surface area contributed by atoms with Gasteiger partial charge in [-0.25, -0.2) is 0 Å². The molecule has 0 radical (unpaired) electrons. The Hall–Kier alpha value is -0.730. The number of rotatable bonds is 3. The quantitative estimate of drug-likeness (QED) is 0.837. The lowest BCUT2D eigenvalue weighted by Crippen LogP contribution is -2.31. The van der Waals surface area contributed by atoms with Gasteiger partial charge in [-0.15, -0.1) is 0 Å². The molecular weight excluding hydrogens is 246 g/mol. The van der Waals surface area contributed by atoms with Gasteiger partial charge in [-0.3, -0.25) is 0 Å².